The molecule has 4 aliphatic rings. The number of aromatic nitrogens is 12. The van der Waals surface area contributed by atoms with Gasteiger partial charge in [0, 0.05) is 57.6 Å². The van der Waals surface area contributed by atoms with Gasteiger partial charge in [0.15, 0.2) is 36.8 Å². The molecule has 0 bridgehead atoms. The highest BCUT2D eigenvalue weighted by Gasteiger charge is 2.49. The number of aliphatic hydroxyl groups is 12. The number of ether oxygens (including phenoxy) is 12. The summed E-state index contributed by atoms with van der Waals surface area (Å²) in [6, 6.07) is -4.17. The van der Waals surface area contributed by atoms with Crippen molar-refractivity contribution >= 4 is 29.3 Å². The molecule has 21 atom stereocenters. The molecule has 0 radical (unpaired) electrons. The van der Waals surface area contributed by atoms with E-state index in [-0.39, 0.29) is 131 Å². The highest BCUT2D eigenvalue weighted by Crippen LogP contribution is 2.31. The van der Waals surface area contributed by atoms with E-state index < -0.39 is 178 Å². The summed E-state index contributed by atoms with van der Waals surface area (Å²) in [5.41, 5.74) is 0.811. The zero-order valence-electron chi connectivity index (χ0n) is 64.7. The molecule has 1 unspecified atom stereocenters. The van der Waals surface area contributed by atoms with E-state index in [2.05, 4.69) is 62.1 Å². The second-order valence-corrected chi connectivity index (χ2v) is 29.0. The maximum absolute atomic E-state index is 15.0. The summed E-state index contributed by atoms with van der Waals surface area (Å²) in [6.07, 6.45) is -11.9. The van der Waals surface area contributed by atoms with Crippen LogP contribution in [0, 0.1) is 11.3 Å². The number of anilines is 1. The smallest absolute Gasteiger partial charge is 0.217 e. The van der Waals surface area contributed by atoms with Gasteiger partial charge in [-0.05, 0) is 25.8 Å². The minimum absolute atomic E-state index is 0.0218. The average Bonchev–Trinajstić information content (AvgIpc) is 1.79. The Bertz CT molecular complexity index is 3340. The van der Waals surface area contributed by atoms with Crippen LogP contribution in [0.15, 0.2) is 24.8 Å². The van der Waals surface area contributed by atoms with Gasteiger partial charge in [0.1, 0.15) is 91.0 Å². The van der Waals surface area contributed by atoms with E-state index in [9.17, 15) is 75.7 Å². The number of unbranched alkanes of at least 4 members (excludes halogenated alkanes) is 1. The molecular formula is C68H115N17O28. The first kappa shape index (κ1) is 92.0. The number of rotatable bonds is 49. The summed E-state index contributed by atoms with van der Waals surface area (Å²) in [5, 5.41) is 166. The van der Waals surface area contributed by atoms with Crippen LogP contribution in [-0.4, -0.2) is 384 Å². The standard InChI is InChI=1S/C68H115N17O28/c1-39-55(93)56(94)47(35-86)110-64(39)106-24-20-102-18-14-83-32-45(74-78-83)33-85(51-34-84(79-75-51)15-19-105-23-27-109-67-54(71-42(4)92)62(100)59(97)50(38-89)113-67)46(63(101)68(5,6)7)10-8-9-11-80(28-43-30-81(76-72-43)12-16-103-21-25-107-65-52(69-40(2)90)60(98)57(95)48(36-87)111-65)29-44-31-82(77-73-44)13-17-104-22-26-108-66-53(70-41(3)91)61(99)58(96)49(37-88)112-66/h30-32,34,39,46-50,52-62,64-67,86-89,93-100H,8-29,33,35-38H2,1-7H3,(H,69,90)(H,70,91)(H,71,92)/t39-,46?,47-,48-,49-,50-,52-,53-,54-,55-,56+,57+,58+,59+,60-,61-,62-,64-,65-,66-,67-/m1/s1. The number of hydrogen-bond donors (Lipinski definition) is 15. The third-order valence-corrected chi connectivity index (χ3v) is 19.1. The van der Waals surface area contributed by atoms with Gasteiger partial charge in [-0.25, -0.2) is 18.7 Å². The molecule has 0 spiro atoms. The Kier molecular flexibility index (Phi) is 37.3. The Hall–Kier alpha value is -6.56. The fourth-order valence-electron chi connectivity index (χ4n) is 13.1. The summed E-state index contributed by atoms with van der Waals surface area (Å²) in [6.45, 7) is 11.5. The quantitative estimate of drug-likeness (QED) is 0.0183. The zero-order chi connectivity index (χ0) is 81.9. The van der Waals surface area contributed by atoms with Crippen molar-refractivity contribution in [2.24, 2.45) is 11.3 Å². The molecule has 4 aromatic rings. The number of ketones is 1. The van der Waals surface area contributed by atoms with Gasteiger partial charge in [0.05, 0.1) is 174 Å². The normalized spacial score (nSPS) is 28.5. The highest BCUT2D eigenvalue weighted by atomic mass is 16.7. The molecule has 0 saturated carbocycles. The van der Waals surface area contributed by atoms with E-state index >= 15 is 4.79 Å². The monoisotopic (exact) mass is 1620 g/mol. The van der Waals surface area contributed by atoms with Crippen molar-refractivity contribution in [3.63, 3.8) is 0 Å². The Balaban J connectivity index is 0.926. The van der Waals surface area contributed by atoms with Crippen molar-refractivity contribution in [3.8, 4) is 0 Å². The number of nitrogens with zero attached hydrogens (tertiary/aromatic N) is 14. The second kappa shape index (κ2) is 45.8. The molecule has 0 aromatic carbocycles. The van der Waals surface area contributed by atoms with E-state index in [1.807, 2.05) is 25.7 Å². The minimum atomic E-state index is -1.49. The van der Waals surface area contributed by atoms with Crippen LogP contribution >= 0.6 is 0 Å². The third-order valence-electron chi connectivity index (χ3n) is 19.1. The van der Waals surface area contributed by atoms with Gasteiger partial charge in [-0.3, -0.25) is 24.1 Å². The van der Waals surface area contributed by atoms with Gasteiger partial charge < -0.3 is 139 Å². The van der Waals surface area contributed by atoms with Gasteiger partial charge in [-0.2, -0.15) is 0 Å². The van der Waals surface area contributed by atoms with Crippen LogP contribution in [0.5, 0.6) is 0 Å². The lowest BCUT2D eigenvalue weighted by Crippen LogP contribution is -2.64. The molecule has 4 aromatic heterocycles. The lowest BCUT2D eigenvalue weighted by molar-refractivity contribution is -0.284. The first-order valence-corrected chi connectivity index (χ1v) is 37.8. The van der Waals surface area contributed by atoms with E-state index in [1.54, 1.807) is 50.4 Å². The van der Waals surface area contributed by atoms with Crippen LogP contribution in [0.25, 0.3) is 0 Å². The maximum Gasteiger partial charge on any atom is 0.217 e. The number of carbonyl (C=O) groups is 4. The largest absolute Gasteiger partial charge is 0.394 e. The average molecular weight is 1620 g/mol. The first-order valence-electron chi connectivity index (χ1n) is 37.8. The second-order valence-electron chi connectivity index (χ2n) is 29.0. The molecule has 45 nitrogen and oxygen atoms in total. The SMILES string of the molecule is CC(=O)N[C@H]1[C@H](OCCOCCn2cc(CN(CCCCC(C(=O)C(C)(C)C)N(Cc3cn(CCOCCO[C@@H]4O[C@H](CO)[C@H](O)[C@H](O)[C@H]4C)nn3)c3cn(CCOCCO[C@@H]4O[C@H](CO)[C@H](O)[C@H](O)[C@H]4NC(C)=O)nn3)Cc3cn(CCOCCO[C@@H]4O[C@H](CO)[C@H](O)[C@H](O)[C@H]4NC(C)=O)nn3)nn2)O[C@H](CO)[C@H](O)[C@@H]1O. The fraction of sp³-hybridized carbons (Fsp3) is 0.824. The first-order chi connectivity index (χ1) is 54.1. The van der Waals surface area contributed by atoms with Crippen molar-refractivity contribution in [2.75, 3.05) is 117 Å². The molecule has 15 N–H and O–H groups in total. The number of nitrogens with one attached hydrogen (secondary N) is 3. The van der Waals surface area contributed by atoms with Crippen LogP contribution in [-0.2, 0) is 122 Å². The number of aliphatic hydroxyl groups excluding tert-OH is 12. The van der Waals surface area contributed by atoms with Crippen LogP contribution < -0.4 is 20.9 Å². The van der Waals surface area contributed by atoms with Gasteiger partial charge in [0.2, 0.25) is 17.7 Å². The van der Waals surface area contributed by atoms with Crippen LogP contribution in [0.3, 0.4) is 0 Å². The topological polar surface area (TPSA) is 587 Å². The predicted octanol–water partition coefficient (Wildman–Crippen LogP) is -8.05. The third kappa shape index (κ3) is 27.5. The number of hydrogen-bond acceptors (Lipinski definition) is 38. The van der Waals surface area contributed by atoms with Crippen LogP contribution in [0.4, 0.5) is 5.82 Å². The number of amides is 3. The highest BCUT2D eigenvalue weighted by molar-refractivity contribution is 5.91. The van der Waals surface area contributed by atoms with Crippen LogP contribution in [0.1, 0.15) is 84.8 Å². The fourth-order valence-corrected chi connectivity index (χ4v) is 13.1. The molecule has 4 aliphatic heterocycles. The predicted molar refractivity (Wildman–Crippen MR) is 383 cm³/mol. The molecule has 640 valence electrons. The number of carbonyl (C=O) groups excluding carboxylic acids is 4. The van der Waals surface area contributed by atoms with E-state index in [4.69, 9.17) is 56.8 Å². The molecule has 8 rings (SSSR count). The van der Waals surface area contributed by atoms with Gasteiger partial charge in [-0.1, -0.05) is 48.5 Å². The zero-order valence-corrected chi connectivity index (χ0v) is 64.7. The van der Waals surface area contributed by atoms with Crippen molar-refractivity contribution < 1.29 is 137 Å². The lowest BCUT2D eigenvalue weighted by Gasteiger charge is -2.42. The van der Waals surface area contributed by atoms with Crippen molar-refractivity contribution in [1.82, 2.24) is 80.8 Å². The maximum atomic E-state index is 15.0. The van der Waals surface area contributed by atoms with Gasteiger partial charge in [-0.15, -0.1) is 20.4 Å². The molecule has 8 heterocycles. The van der Waals surface area contributed by atoms with E-state index in [0.717, 1.165) is 0 Å². The van der Waals surface area contributed by atoms with E-state index in [1.165, 1.54) is 20.8 Å². The van der Waals surface area contributed by atoms with Crippen molar-refractivity contribution in [1.29, 1.82) is 0 Å². The van der Waals surface area contributed by atoms with Gasteiger partial charge >= 0.3 is 0 Å². The van der Waals surface area contributed by atoms with Crippen LogP contribution in [0.2, 0.25) is 0 Å². The summed E-state index contributed by atoms with van der Waals surface area (Å²) < 4.78 is 75.5. The molecule has 45 heteroatoms. The Morgan fingerprint density at radius 2 is 0.770 bits per heavy atom. The molecular weight excluding hydrogens is 1500 g/mol. The summed E-state index contributed by atoms with van der Waals surface area (Å²) >= 11 is 0. The van der Waals surface area contributed by atoms with Gasteiger partial charge in [0.25, 0.3) is 0 Å². The minimum Gasteiger partial charge on any atom is -0.394 e. The molecule has 4 fully saturated rings. The van der Waals surface area contributed by atoms with Crippen molar-refractivity contribution in [3.05, 3.63) is 41.9 Å². The summed E-state index contributed by atoms with van der Waals surface area (Å²) in [5.74, 6) is -1.83. The summed E-state index contributed by atoms with van der Waals surface area (Å²) in [7, 11) is 0. The Morgan fingerprint density at radius 1 is 0.442 bits per heavy atom. The Labute approximate surface area is 651 Å². The lowest BCUT2D eigenvalue weighted by atomic mass is 9.84. The molecule has 0 aliphatic carbocycles. The molecule has 4 saturated heterocycles. The molecule has 113 heavy (non-hydrogen) atoms. The Morgan fingerprint density at radius 3 is 1.12 bits per heavy atom. The summed E-state index contributed by atoms with van der Waals surface area (Å²) in [4.78, 5) is 54.8. The molecule has 3 amide bonds. The van der Waals surface area contributed by atoms with E-state index in [0.29, 0.717) is 48.7 Å². The number of Topliss-reactive ketones (excluding diaryl/α,β-unsaturated/α-hetero) is 1. The van der Waals surface area contributed by atoms with Crippen molar-refractivity contribution in [2.45, 2.75) is 236 Å².